The number of methoxy groups -OCH3 is 1. The third-order valence-electron chi connectivity index (χ3n) is 6.04. The largest absolute Gasteiger partial charge is 0.497 e. The van der Waals surface area contributed by atoms with Crippen LogP contribution in [0.25, 0.3) is 10.9 Å². The van der Waals surface area contributed by atoms with Crippen LogP contribution in [0.1, 0.15) is 23.1 Å². The van der Waals surface area contributed by atoms with Crippen LogP contribution in [0.4, 0.5) is 11.5 Å². The van der Waals surface area contributed by atoms with Crippen LogP contribution < -0.4 is 15.0 Å². The van der Waals surface area contributed by atoms with E-state index in [2.05, 4.69) is 41.1 Å². The summed E-state index contributed by atoms with van der Waals surface area (Å²) in [6, 6.07) is 16.2. The quantitative estimate of drug-likeness (QED) is 0.589. The van der Waals surface area contributed by atoms with Crippen molar-refractivity contribution in [2.75, 3.05) is 43.5 Å². The van der Waals surface area contributed by atoms with Crippen LogP contribution in [-0.4, -0.2) is 48.3 Å². The maximum Gasteiger partial charge on any atom is 0.173 e. The molecule has 2 aromatic carbocycles. The van der Waals surface area contributed by atoms with E-state index in [9.17, 15) is 5.26 Å². The van der Waals surface area contributed by atoms with E-state index in [1.165, 1.54) is 5.56 Å². The summed E-state index contributed by atoms with van der Waals surface area (Å²) in [5, 5.41) is 14.8. The van der Waals surface area contributed by atoms with Gasteiger partial charge in [-0.25, -0.2) is 4.98 Å². The molecule has 32 heavy (non-hydrogen) atoms. The monoisotopic (exact) mass is 445 g/mol. The highest BCUT2D eigenvalue weighted by Crippen LogP contribution is 2.27. The molecule has 0 saturated carbocycles. The van der Waals surface area contributed by atoms with Gasteiger partial charge in [0.2, 0.25) is 0 Å². The number of rotatable bonds is 3. The molecule has 0 amide bonds. The zero-order chi connectivity index (χ0) is 22.7. The molecular weight excluding hydrogens is 418 g/mol. The number of aromatic nitrogens is 1. The van der Waals surface area contributed by atoms with E-state index in [1.54, 1.807) is 7.11 Å². The third kappa shape index (κ3) is 4.46. The number of nitrogens with one attached hydrogen (secondary N) is 1. The SMILES string of the molecule is COc1ccc(NC(=S)N2CCCN(c3nc4c(C)c(C)ccc4cc3C#N)CC2)cc1. The van der Waals surface area contributed by atoms with E-state index < -0.39 is 0 Å². The first-order chi connectivity index (χ1) is 15.5. The van der Waals surface area contributed by atoms with Crippen molar-refractivity contribution in [1.82, 2.24) is 9.88 Å². The van der Waals surface area contributed by atoms with Gasteiger partial charge < -0.3 is 19.9 Å². The summed E-state index contributed by atoms with van der Waals surface area (Å²) in [5.74, 6) is 1.58. The predicted octanol–water partition coefficient (Wildman–Crippen LogP) is 4.64. The van der Waals surface area contributed by atoms with Gasteiger partial charge in [0.25, 0.3) is 0 Å². The third-order valence-corrected chi connectivity index (χ3v) is 6.40. The molecule has 0 bridgehead atoms. The van der Waals surface area contributed by atoms with Gasteiger partial charge in [-0.05, 0) is 73.9 Å². The Hall–Kier alpha value is -3.37. The van der Waals surface area contributed by atoms with Crippen molar-refractivity contribution in [1.29, 1.82) is 5.26 Å². The number of fused-ring (bicyclic) bond motifs is 1. The zero-order valence-corrected chi connectivity index (χ0v) is 19.5. The number of pyridine rings is 1. The summed E-state index contributed by atoms with van der Waals surface area (Å²) in [7, 11) is 1.65. The van der Waals surface area contributed by atoms with Gasteiger partial charge in [-0.15, -0.1) is 0 Å². The Balaban J connectivity index is 1.51. The highest BCUT2D eigenvalue weighted by atomic mass is 32.1. The topological polar surface area (TPSA) is 64.4 Å². The second kappa shape index (κ2) is 9.41. The Morgan fingerprint density at radius 3 is 2.59 bits per heavy atom. The standard InChI is InChI=1S/C25H27N5OS/c1-17-5-6-19-15-20(16-26)24(28-23(19)18(17)2)29-11-4-12-30(14-13-29)25(32)27-21-7-9-22(31-3)10-8-21/h5-10,15H,4,11-14H2,1-3H3,(H,27,32). The van der Waals surface area contributed by atoms with Crippen LogP contribution in [-0.2, 0) is 0 Å². The van der Waals surface area contributed by atoms with Crippen LogP contribution >= 0.6 is 12.2 Å². The molecule has 1 saturated heterocycles. The van der Waals surface area contributed by atoms with Crippen molar-refractivity contribution < 1.29 is 4.74 Å². The van der Waals surface area contributed by atoms with Gasteiger partial charge in [0.15, 0.2) is 5.11 Å². The Morgan fingerprint density at radius 2 is 1.88 bits per heavy atom. The number of aryl methyl sites for hydroxylation is 2. The van der Waals surface area contributed by atoms with Crippen molar-refractivity contribution in [2.45, 2.75) is 20.3 Å². The zero-order valence-electron chi connectivity index (χ0n) is 18.7. The van der Waals surface area contributed by atoms with Gasteiger partial charge in [0, 0.05) is 37.3 Å². The normalized spacial score (nSPS) is 14.1. The van der Waals surface area contributed by atoms with Gasteiger partial charge >= 0.3 is 0 Å². The van der Waals surface area contributed by atoms with Crippen LogP contribution in [0.2, 0.25) is 0 Å². The van der Waals surface area contributed by atoms with Crippen LogP contribution in [0.3, 0.4) is 0 Å². The molecule has 0 spiro atoms. The summed E-state index contributed by atoms with van der Waals surface area (Å²) >= 11 is 5.67. The first-order valence-corrected chi connectivity index (χ1v) is 11.2. The van der Waals surface area contributed by atoms with E-state index in [0.717, 1.165) is 66.3 Å². The number of thiocarbonyl (C=S) groups is 1. The van der Waals surface area contributed by atoms with Gasteiger partial charge in [0.05, 0.1) is 18.2 Å². The first kappa shape index (κ1) is 21.8. The number of benzene rings is 2. The molecule has 0 atom stereocenters. The van der Waals surface area contributed by atoms with Gasteiger partial charge in [-0.2, -0.15) is 5.26 Å². The van der Waals surface area contributed by atoms with Crippen molar-refractivity contribution in [2.24, 2.45) is 0 Å². The number of ether oxygens (including phenoxy) is 1. The molecule has 6 nitrogen and oxygen atoms in total. The molecule has 0 radical (unpaired) electrons. The molecule has 2 heterocycles. The van der Waals surface area contributed by atoms with Crippen molar-refractivity contribution in [3.05, 3.63) is 59.2 Å². The van der Waals surface area contributed by atoms with E-state index in [-0.39, 0.29) is 0 Å². The smallest absolute Gasteiger partial charge is 0.173 e. The average molecular weight is 446 g/mol. The maximum absolute atomic E-state index is 9.78. The number of hydrogen-bond donors (Lipinski definition) is 1. The van der Waals surface area contributed by atoms with Crippen molar-refractivity contribution in [3.63, 3.8) is 0 Å². The average Bonchev–Trinajstić information content (AvgIpc) is 3.07. The van der Waals surface area contributed by atoms with E-state index >= 15 is 0 Å². The highest BCUT2D eigenvalue weighted by Gasteiger charge is 2.21. The minimum Gasteiger partial charge on any atom is -0.497 e. The molecule has 1 aromatic heterocycles. The second-order valence-corrected chi connectivity index (χ2v) is 8.42. The Kier molecular flexibility index (Phi) is 6.42. The van der Waals surface area contributed by atoms with Crippen LogP contribution in [0.15, 0.2) is 42.5 Å². The molecule has 1 aliphatic heterocycles. The lowest BCUT2D eigenvalue weighted by atomic mass is 10.0. The van der Waals surface area contributed by atoms with Crippen molar-refractivity contribution >= 4 is 39.7 Å². The fraction of sp³-hybridized carbons (Fsp3) is 0.320. The number of nitrogens with zero attached hydrogens (tertiary/aromatic N) is 4. The molecule has 0 aliphatic carbocycles. The lowest BCUT2D eigenvalue weighted by molar-refractivity contribution is 0.415. The Labute approximate surface area is 194 Å². The fourth-order valence-electron chi connectivity index (χ4n) is 4.01. The minimum atomic E-state index is 0.619. The molecule has 7 heteroatoms. The van der Waals surface area contributed by atoms with Gasteiger partial charge in [-0.1, -0.05) is 12.1 Å². The summed E-state index contributed by atoms with van der Waals surface area (Å²) in [6.45, 7) is 7.39. The summed E-state index contributed by atoms with van der Waals surface area (Å²) in [6.07, 6.45) is 0.932. The summed E-state index contributed by atoms with van der Waals surface area (Å²) < 4.78 is 5.21. The predicted molar refractivity (Wildman–Crippen MR) is 134 cm³/mol. The number of anilines is 2. The van der Waals surface area contributed by atoms with Crippen molar-refractivity contribution in [3.8, 4) is 11.8 Å². The highest BCUT2D eigenvalue weighted by molar-refractivity contribution is 7.80. The molecule has 1 N–H and O–H groups in total. The maximum atomic E-state index is 9.78. The van der Waals surface area contributed by atoms with E-state index in [4.69, 9.17) is 21.9 Å². The lowest BCUT2D eigenvalue weighted by Crippen LogP contribution is -2.38. The molecule has 1 aliphatic rings. The Morgan fingerprint density at radius 1 is 1.09 bits per heavy atom. The van der Waals surface area contributed by atoms with Gasteiger partial charge in [-0.3, -0.25) is 0 Å². The van der Waals surface area contributed by atoms with Crippen LogP contribution in [0, 0.1) is 25.2 Å². The fourth-order valence-corrected chi connectivity index (χ4v) is 4.31. The summed E-state index contributed by atoms with van der Waals surface area (Å²) in [4.78, 5) is 9.35. The molecule has 1 fully saturated rings. The van der Waals surface area contributed by atoms with Crippen LogP contribution in [0.5, 0.6) is 5.75 Å². The molecule has 164 valence electrons. The molecule has 3 aromatic rings. The minimum absolute atomic E-state index is 0.619. The Bertz CT molecular complexity index is 1190. The second-order valence-electron chi connectivity index (χ2n) is 8.04. The lowest BCUT2D eigenvalue weighted by Gasteiger charge is -2.25. The molecule has 4 rings (SSSR count). The number of nitriles is 1. The van der Waals surface area contributed by atoms with Gasteiger partial charge in [0.1, 0.15) is 17.6 Å². The first-order valence-electron chi connectivity index (χ1n) is 10.8. The summed E-state index contributed by atoms with van der Waals surface area (Å²) in [5.41, 5.74) is 4.89. The molecule has 0 unspecified atom stereocenters. The number of hydrogen-bond acceptors (Lipinski definition) is 5. The molecular formula is C25H27N5OS. The van der Waals surface area contributed by atoms with E-state index in [1.807, 2.05) is 36.4 Å². The van der Waals surface area contributed by atoms with E-state index in [0.29, 0.717) is 10.7 Å².